The number of anilines is 8. The van der Waals surface area contributed by atoms with Gasteiger partial charge >= 0.3 is 0 Å². The molecule has 9 aromatic carbocycles. The quantitative estimate of drug-likeness (QED) is 0.154. The lowest BCUT2D eigenvalue weighted by molar-refractivity contribution is 0.215. The van der Waals surface area contributed by atoms with E-state index in [0.717, 1.165) is 12.8 Å². The van der Waals surface area contributed by atoms with Crippen LogP contribution in [0.15, 0.2) is 194 Å². The minimum Gasteiger partial charge on any atom is -0.334 e. The van der Waals surface area contributed by atoms with Crippen LogP contribution in [-0.4, -0.2) is 12.3 Å². The smallest absolute Gasteiger partial charge is 0.252 e. The van der Waals surface area contributed by atoms with Crippen molar-refractivity contribution in [1.82, 2.24) is 0 Å². The maximum absolute atomic E-state index is 2.83. The Hall–Kier alpha value is -7.56. The second kappa shape index (κ2) is 19.7. The monoisotopic (exact) mass is 1110 g/mol. The molecule has 0 radical (unpaired) electrons. The first-order valence-corrected chi connectivity index (χ1v) is 31.7. The fourth-order valence-corrected chi connectivity index (χ4v) is 15.2. The van der Waals surface area contributed by atoms with Gasteiger partial charge in [0.15, 0.2) is 0 Å². The standard InChI is InChI=1S/C81H88BN3/c1-75(2,3)56-30-32-58(33-31-56)81-46-24-23-45-80(81,16)85(69-44-37-60(49-65(69)81)78(10,11)12)63-40-42-67-71(52-63)83(62-38-34-57(35-39-62)76(4,5)6)72-50-61(79(13,14)15)51-73-74(72)82(67)66-41-29-55(53-25-19-17-20-26-53)47-70(66)84(73)68-43-36-59(77(7,8)9)48-64(68)54-27-21-18-22-28-54/h17-22,25-44,47-52H,23-24,45-46H2,1-16H3. The van der Waals surface area contributed by atoms with Crippen molar-refractivity contribution in [2.45, 2.75) is 174 Å². The molecule has 0 amide bonds. The summed E-state index contributed by atoms with van der Waals surface area (Å²) in [5, 5.41) is 0. The molecule has 0 spiro atoms. The third-order valence-corrected chi connectivity index (χ3v) is 20.2. The topological polar surface area (TPSA) is 9.72 Å². The van der Waals surface area contributed by atoms with E-state index in [1.807, 2.05) is 0 Å². The highest BCUT2D eigenvalue weighted by molar-refractivity contribution is 7.00. The molecule has 0 N–H and O–H groups in total. The van der Waals surface area contributed by atoms with Crippen LogP contribution in [0, 0.1) is 0 Å². The van der Waals surface area contributed by atoms with Gasteiger partial charge in [-0.1, -0.05) is 250 Å². The number of rotatable bonds is 6. The maximum atomic E-state index is 2.83. The molecule has 13 rings (SSSR count). The Bertz CT molecular complexity index is 4040. The molecule has 3 heterocycles. The summed E-state index contributed by atoms with van der Waals surface area (Å²) in [4.78, 5) is 8.15. The molecule has 0 bridgehead atoms. The third-order valence-electron chi connectivity index (χ3n) is 20.2. The average Bonchev–Trinajstić information content (AvgIpc) is 1.66. The van der Waals surface area contributed by atoms with E-state index in [1.165, 1.54) is 136 Å². The third kappa shape index (κ3) is 9.21. The Kier molecular flexibility index (Phi) is 13.1. The lowest BCUT2D eigenvalue weighted by Crippen LogP contribution is -2.61. The maximum Gasteiger partial charge on any atom is 0.252 e. The van der Waals surface area contributed by atoms with E-state index >= 15 is 0 Å². The molecule has 4 aliphatic rings. The molecular weight excluding hydrogens is 1030 g/mol. The number of nitrogens with zero attached hydrogens (tertiary/aromatic N) is 3. The minimum absolute atomic E-state index is 0.00522. The van der Waals surface area contributed by atoms with E-state index in [2.05, 4.69) is 320 Å². The largest absolute Gasteiger partial charge is 0.334 e. The predicted molar refractivity (Wildman–Crippen MR) is 368 cm³/mol. The first kappa shape index (κ1) is 56.6. The molecule has 9 aromatic rings. The van der Waals surface area contributed by atoms with E-state index in [-0.39, 0.29) is 44.7 Å². The van der Waals surface area contributed by atoms with Gasteiger partial charge in [-0.2, -0.15) is 0 Å². The summed E-state index contributed by atoms with van der Waals surface area (Å²) in [7, 11) is 0. The van der Waals surface area contributed by atoms with E-state index in [4.69, 9.17) is 0 Å². The van der Waals surface area contributed by atoms with Crippen LogP contribution < -0.4 is 31.1 Å². The van der Waals surface area contributed by atoms with Crippen molar-refractivity contribution < 1.29 is 0 Å². The number of benzene rings is 9. The molecule has 2 atom stereocenters. The zero-order chi connectivity index (χ0) is 60.0. The number of fused-ring (bicyclic) bond motifs is 7. The Balaban J connectivity index is 1.11. The van der Waals surface area contributed by atoms with Gasteiger partial charge in [-0.3, -0.25) is 0 Å². The lowest BCUT2D eigenvalue weighted by atomic mass is 9.33. The highest BCUT2D eigenvalue weighted by Gasteiger charge is 2.61. The fourth-order valence-electron chi connectivity index (χ4n) is 15.2. The molecule has 3 aliphatic heterocycles. The average molecular weight is 1110 g/mol. The summed E-state index contributed by atoms with van der Waals surface area (Å²) in [6.07, 6.45) is 4.56. The van der Waals surface area contributed by atoms with Gasteiger partial charge in [0.1, 0.15) is 0 Å². The van der Waals surface area contributed by atoms with Crippen molar-refractivity contribution in [3.05, 3.63) is 233 Å². The number of hydrogen-bond acceptors (Lipinski definition) is 3. The highest BCUT2D eigenvalue weighted by Crippen LogP contribution is 2.64. The van der Waals surface area contributed by atoms with Crippen LogP contribution in [0.1, 0.15) is 175 Å². The van der Waals surface area contributed by atoms with Crippen LogP contribution in [0.2, 0.25) is 0 Å². The van der Waals surface area contributed by atoms with Crippen molar-refractivity contribution >= 4 is 68.6 Å². The van der Waals surface area contributed by atoms with Crippen LogP contribution >= 0.6 is 0 Å². The molecular formula is C81H88BN3. The van der Waals surface area contributed by atoms with Crippen LogP contribution in [-0.2, 0) is 32.5 Å². The summed E-state index contributed by atoms with van der Waals surface area (Å²) < 4.78 is 0. The Morgan fingerprint density at radius 3 is 1.42 bits per heavy atom. The van der Waals surface area contributed by atoms with Crippen LogP contribution in [0.5, 0.6) is 0 Å². The van der Waals surface area contributed by atoms with E-state index < -0.39 is 0 Å². The normalized spacial score (nSPS) is 18.4. The Morgan fingerprint density at radius 1 is 0.353 bits per heavy atom. The molecule has 2 unspecified atom stereocenters. The molecule has 1 fully saturated rings. The van der Waals surface area contributed by atoms with Gasteiger partial charge in [0.25, 0.3) is 6.71 Å². The zero-order valence-corrected chi connectivity index (χ0v) is 53.7. The molecule has 430 valence electrons. The zero-order valence-electron chi connectivity index (χ0n) is 53.7. The Morgan fingerprint density at radius 2 is 0.835 bits per heavy atom. The summed E-state index contributed by atoms with van der Waals surface area (Å²) >= 11 is 0. The second-order valence-corrected chi connectivity index (χ2v) is 30.8. The first-order valence-electron chi connectivity index (χ1n) is 31.7. The van der Waals surface area contributed by atoms with Crippen molar-refractivity contribution in [3.63, 3.8) is 0 Å². The van der Waals surface area contributed by atoms with Crippen molar-refractivity contribution in [3.8, 4) is 22.3 Å². The highest BCUT2D eigenvalue weighted by atomic mass is 15.3. The summed E-state index contributed by atoms with van der Waals surface area (Å²) in [6.45, 7) is 37.9. The summed E-state index contributed by atoms with van der Waals surface area (Å²) in [5.41, 5.74) is 27.6. The van der Waals surface area contributed by atoms with Crippen molar-refractivity contribution in [2.75, 3.05) is 14.7 Å². The molecule has 85 heavy (non-hydrogen) atoms. The summed E-state index contributed by atoms with van der Waals surface area (Å²) in [5.74, 6) is 0. The van der Waals surface area contributed by atoms with Gasteiger partial charge in [0.05, 0.1) is 11.2 Å². The SMILES string of the molecule is CC(C)(C)c1ccc(N2c3cc(N4c5ccc(C(C)(C)C)cc5C5(c6ccc(C(C)(C)C)cc6)CCCCC45C)ccc3B3c4ccc(-c5ccccc5)cc4N(c4ccc(C(C)(C)C)cc4-c4ccccc4)c4cc(C(C)(C)C)cc2c43)cc1. The fraction of sp³-hybridized carbons (Fsp3) is 0.333. The van der Waals surface area contributed by atoms with Gasteiger partial charge in [0, 0.05) is 50.8 Å². The molecule has 1 aliphatic carbocycles. The number of hydrogen-bond donors (Lipinski definition) is 0. The van der Waals surface area contributed by atoms with Crippen LogP contribution in [0.4, 0.5) is 45.5 Å². The lowest BCUT2D eigenvalue weighted by Gasteiger charge is -2.52. The molecule has 4 heteroatoms. The van der Waals surface area contributed by atoms with Gasteiger partial charge in [-0.25, -0.2) is 0 Å². The molecule has 0 aromatic heterocycles. The summed E-state index contributed by atoms with van der Waals surface area (Å²) in [6, 6.07) is 76.5. The minimum atomic E-state index is -0.259. The van der Waals surface area contributed by atoms with Gasteiger partial charge < -0.3 is 14.7 Å². The molecule has 0 saturated heterocycles. The first-order chi connectivity index (χ1) is 40.2. The van der Waals surface area contributed by atoms with Gasteiger partial charge in [-0.05, 0) is 180 Å². The second-order valence-electron chi connectivity index (χ2n) is 30.8. The van der Waals surface area contributed by atoms with Gasteiger partial charge in [-0.15, -0.1) is 0 Å². The van der Waals surface area contributed by atoms with E-state index in [0.29, 0.717) is 0 Å². The van der Waals surface area contributed by atoms with Gasteiger partial charge in [0.2, 0.25) is 0 Å². The van der Waals surface area contributed by atoms with Crippen molar-refractivity contribution in [2.24, 2.45) is 0 Å². The van der Waals surface area contributed by atoms with Crippen LogP contribution in [0.25, 0.3) is 22.3 Å². The van der Waals surface area contributed by atoms with E-state index in [1.54, 1.807) is 0 Å². The Labute approximate surface area is 510 Å². The molecule has 3 nitrogen and oxygen atoms in total. The molecule has 1 saturated carbocycles. The van der Waals surface area contributed by atoms with Crippen LogP contribution in [0.3, 0.4) is 0 Å². The van der Waals surface area contributed by atoms with E-state index in [9.17, 15) is 0 Å². The predicted octanol–water partition coefficient (Wildman–Crippen LogP) is 20.4. The van der Waals surface area contributed by atoms with Crippen molar-refractivity contribution in [1.29, 1.82) is 0 Å².